The van der Waals surface area contributed by atoms with E-state index in [1.807, 2.05) is 93.6 Å². The van der Waals surface area contributed by atoms with E-state index in [9.17, 15) is 9.59 Å². The third kappa shape index (κ3) is 4.18. The molecule has 0 aliphatic carbocycles. The first-order valence-corrected chi connectivity index (χ1v) is 10.6. The zero-order chi connectivity index (χ0) is 22.9. The number of amides is 1. The van der Waals surface area contributed by atoms with Gasteiger partial charge in [-0.2, -0.15) is 0 Å². The van der Waals surface area contributed by atoms with Gasteiger partial charge in [0, 0.05) is 5.56 Å². The second kappa shape index (κ2) is 8.63. The van der Waals surface area contributed by atoms with Gasteiger partial charge in [0.25, 0.3) is 0 Å². The van der Waals surface area contributed by atoms with Gasteiger partial charge in [-0.1, -0.05) is 72.8 Å². The lowest BCUT2D eigenvalue weighted by molar-refractivity contribution is -0.154. The number of carbonyl (C=O) groups is 2. The number of fused-ring (bicyclic) bond motifs is 1. The van der Waals surface area contributed by atoms with Crippen molar-refractivity contribution >= 4 is 22.8 Å². The molecule has 0 saturated carbocycles. The van der Waals surface area contributed by atoms with E-state index in [0.29, 0.717) is 0 Å². The molecule has 6 nitrogen and oxygen atoms in total. The Morgan fingerprint density at radius 2 is 1.56 bits per heavy atom. The number of hydrogen-bond acceptors (Lipinski definition) is 5. The van der Waals surface area contributed by atoms with Crippen LogP contribution in [0.4, 0.5) is 4.79 Å². The van der Waals surface area contributed by atoms with Crippen LogP contribution in [0.1, 0.15) is 44.2 Å². The van der Waals surface area contributed by atoms with Crippen LogP contribution in [0.25, 0.3) is 10.8 Å². The third-order valence-electron chi connectivity index (χ3n) is 5.38. The van der Waals surface area contributed by atoms with Crippen LogP contribution in [0.2, 0.25) is 0 Å². The quantitative estimate of drug-likeness (QED) is 0.518. The van der Waals surface area contributed by atoms with Crippen LogP contribution in [-0.2, 0) is 19.0 Å². The Labute approximate surface area is 187 Å². The standard InChI is InChI=1S/C26H27NO5/c1-26(2,3)32-25(29)27-21(18-12-6-5-7-13-18)22(24(28)30-4)31-23(27)20-16-10-14-17-11-8-9-15-19(17)20/h5-16,21-23H,1-4H3/t21-,22+,23+/m0/s1. The maximum atomic E-state index is 13.5. The van der Waals surface area contributed by atoms with Crippen LogP contribution < -0.4 is 0 Å². The zero-order valence-electron chi connectivity index (χ0n) is 18.6. The lowest BCUT2D eigenvalue weighted by Crippen LogP contribution is -2.40. The van der Waals surface area contributed by atoms with Gasteiger partial charge in [0.15, 0.2) is 12.3 Å². The summed E-state index contributed by atoms with van der Waals surface area (Å²) in [6.07, 6.45) is -2.39. The van der Waals surface area contributed by atoms with E-state index < -0.39 is 36.0 Å². The largest absolute Gasteiger partial charge is 0.467 e. The average Bonchev–Trinajstić information content (AvgIpc) is 3.18. The summed E-state index contributed by atoms with van der Waals surface area (Å²) in [5, 5.41) is 1.95. The maximum absolute atomic E-state index is 13.5. The van der Waals surface area contributed by atoms with Crippen molar-refractivity contribution in [3.05, 3.63) is 83.9 Å². The highest BCUT2D eigenvalue weighted by molar-refractivity contribution is 5.87. The van der Waals surface area contributed by atoms with E-state index in [0.717, 1.165) is 21.9 Å². The van der Waals surface area contributed by atoms with Gasteiger partial charge in [-0.05, 0) is 37.1 Å². The van der Waals surface area contributed by atoms with Gasteiger partial charge in [-0.3, -0.25) is 4.90 Å². The van der Waals surface area contributed by atoms with Crippen molar-refractivity contribution in [3.8, 4) is 0 Å². The second-order valence-electron chi connectivity index (χ2n) is 8.74. The molecular formula is C26H27NO5. The Bertz CT molecular complexity index is 1120. The van der Waals surface area contributed by atoms with Crippen LogP contribution in [0, 0.1) is 0 Å². The molecule has 1 heterocycles. The molecule has 166 valence electrons. The summed E-state index contributed by atoms with van der Waals surface area (Å²) in [7, 11) is 1.32. The van der Waals surface area contributed by atoms with Crippen molar-refractivity contribution in [2.45, 2.75) is 44.7 Å². The Morgan fingerprint density at radius 1 is 0.906 bits per heavy atom. The first-order valence-electron chi connectivity index (χ1n) is 10.6. The van der Waals surface area contributed by atoms with Crippen molar-refractivity contribution in [3.63, 3.8) is 0 Å². The number of hydrogen-bond donors (Lipinski definition) is 0. The van der Waals surface area contributed by atoms with Gasteiger partial charge in [-0.15, -0.1) is 0 Å². The second-order valence-corrected chi connectivity index (χ2v) is 8.74. The van der Waals surface area contributed by atoms with Gasteiger partial charge < -0.3 is 14.2 Å². The summed E-state index contributed by atoms with van der Waals surface area (Å²) < 4.78 is 17.1. The van der Waals surface area contributed by atoms with Crippen LogP contribution in [-0.4, -0.2) is 35.8 Å². The zero-order valence-corrected chi connectivity index (χ0v) is 18.6. The van der Waals surface area contributed by atoms with Crippen LogP contribution >= 0.6 is 0 Å². The molecule has 0 unspecified atom stereocenters. The summed E-state index contributed by atoms with van der Waals surface area (Å²) in [6.45, 7) is 5.43. The highest BCUT2D eigenvalue weighted by Gasteiger charge is 2.51. The molecule has 32 heavy (non-hydrogen) atoms. The van der Waals surface area contributed by atoms with Crippen LogP contribution in [0.5, 0.6) is 0 Å². The normalized spacial score (nSPS) is 20.9. The SMILES string of the molecule is COC(=O)[C@@H]1O[C@H](c2cccc3ccccc23)N(C(=O)OC(C)(C)C)[C@H]1c1ccccc1. The van der Waals surface area contributed by atoms with Gasteiger partial charge >= 0.3 is 12.1 Å². The van der Waals surface area contributed by atoms with Crippen molar-refractivity contribution < 1.29 is 23.8 Å². The fourth-order valence-electron chi connectivity index (χ4n) is 4.07. The molecular weight excluding hydrogens is 406 g/mol. The molecule has 4 rings (SSSR count). The molecule has 6 heteroatoms. The van der Waals surface area contributed by atoms with E-state index in [1.165, 1.54) is 12.0 Å². The summed E-state index contributed by atoms with van der Waals surface area (Å²) in [6, 6.07) is 22.3. The monoisotopic (exact) mass is 433 g/mol. The summed E-state index contributed by atoms with van der Waals surface area (Å²) in [5.74, 6) is -0.546. The van der Waals surface area contributed by atoms with E-state index in [4.69, 9.17) is 14.2 Å². The van der Waals surface area contributed by atoms with Gasteiger partial charge in [0.1, 0.15) is 11.6 Å². The molecule has 1 aliphatic rings. The number of carbonyl (C=O) groups excluding carboxylic acids is 2. The Balaban J connectivity index is 1.89. The predicted octanol–water partition coefficient (Wildman–Crippen LogP) is 5.39. The highest BCUT2D eigenvalue weighted by Crippen LogP contribution is 2.45. The molecule has 1 amide bonds. The molecule has 3 atom stereocenters. The molecule has 3 aromatic carbocycles. The molecule has 0 bridgehead atoms. The van der Waals surface area contributed by atoms with E-state index >= 15 is 0 Å². The lowest BCUT2D eigenvalue weighted by atomic mass is 9.99. The van der Waals surface area contributed by atoms with Gasteiger partial charge in [-0.25, -0.2) is 9.59 Å². The lowest BCUT2D eigenvalue weighted by Gasteiger charge is -2.32. The number of esters is 1. The Hall–Kier alpha value is -3.38. The van der Waals surface area contributed by atoms with Crippen LogP contribution in [0.3, 0.4) is 0 Å². The van der Waals surface area contributed by atoms with Crippen molar-refractivity contribution in [1.82, 2.24) is 4.90 Å². The minimum Gasteiger partial charge on any atom is -0.467 e. The number of nitrogens with zero attached hydrogens (tertiary/aromatic N) is 1. The minimum absolute atomic E-state index is 0.546. The van der Waals surface area contributed by atoms with Gasteiger partial charge in [0.05, 0.1) is 7.11 Å². The predicted molar refractivity (Wildman–Crippen MR) is 121 cm³/mol. The first-order chi connectivity index (χ1) is 15.3. The molecule has 0 radical (unpaired) electrons. The smallest absolute Gasteiger partial charge is 0.413 e. The fraction of sp³-hybridized carbons (Fsp3) is 0.308. The Morgan fingerprint density at radius 3 is 2.25 bits per heavy atom. The fourth-order valence-corrected chi connectivity index (χ4v) is 4.07. The maximum Gasteiger partial charge on any atom is 0.413 e. The van der Waals surface area contributed by atoms with Crippen LogP contribution in [0.15, 0.2) is 72.8 Å². The van der Waals surface area contributed by atoms with E-state index in [2.05, 4.69) is 0 Å². The number of rotatable bonds is 3. The van der Waals surface area contributed by atoms with Crippen molar-refractivity contribution in [2.24, 2.45) is 0 Å². The highest BCUT2D eigenvalue weighted by atomic mass is 16.6. The molecule has 3 aromatic rings. The first kappa shape index (κ1) is 21.8. The number of ether oxygens (including phenoxy) is 3. The van der Waals surface area contributed by atoms with E-state index in [1.54, 1.807) is 0 Å². The molecule has 1 saturated heterocycles. The molecule has 0 aromatic heterocycles. The van der Waals surface area contributed by atoms with Crippen molar-refractivity contribution in [2.75, 3.05) is 7.11 Å². The Kier molecular flexibility index (Phi) is 5.89. The number of methoxy groups -OCH3 is 1. The molecule has 0 N–H and O–H groups in total. The van der Waals surface area contributed by atoms with E-state index in [-0.39, 0.29) is 0 Å². The molecule has 1 fully saturated rings. The van der Waals surface area contributed by atoms with Crippen molar-refractivity contribution in [1.29, 1.82) is 0 Å². The summed E-state index contributed by atoms with van der Waals surface area (Å²) >= 11 is 0. The molecule has 1 aliphatic heterocycles. The minimum atomic E-state index is -1.00. The van der Waals surface area contributed by atoms with Gasteiger partial charge in [0.2, 0.25) is 0 Å². The molecule has 0 spiro atoms. The summed E-state index contributed by atoms with van der Waals surface area (Å²) in [5.41, 5.74) is 0.822. The summed E-state index contributed by atoms with van der Waals surface area (Å²) in [4.78, 5) is 27.8. The topological polar surface area (TPSA) is 65.1 Å². The number of benzene rings is 3. The average molecular weight is 434 g/mol. The third-order valence-corrected chi connectivity index (χ3v) is 5.38.